The second-order valence-electron chi connectivity index (χ2n) is 11.9. The summed E-state index contributed by atoms with van der Waals surface area (Å²) in [5.74, 6) is -6.09. The van der Waals surface area contributed by atoms with Gasteiger partial charge in [0.25, 0.3) is 5.91 Å². The van der Waals surface area contributed by atoms with Gasteiger partial charge >= 0.3 is 12.1 Å². The standard InChI is InChI=1S/C31H29F5N4O4/c1-14-6-5-7-15(2)24(14)16-10-17(26(33)19(32)11-16)21(12-23(41)42)37-28(43)27-25-18(30(25,3)4)13-40(27)29(44)20-8-9-22(39-38-20)31(34,35)36/h5-11,18,21,25,27H,12-13H2,1-4H3,(H,37,43)(H,41,42)/t18?,21-,25-,27-/m0/s1. The Kier molecular flexibility index (Phi) is 7.71. The normalized spacial score (nSPS) is 21.0. The van der Waals surface area contributed by atoms with Crippen molar-refractivity contribution < 1.29 is 41.4 Å². The molecule has 0 bridgehead atoms. The van der Waals surface area contributed by atoms with Gasteiger partial charge in [-0.15, -0.1) is 10.2 Å². The minimum absolute atomic E-state index is 0.0892. The second-order valence-corrected chi connectivity index (χ2v) is 11.9. The van der Waals surface area contributed by atoms with E-state index in [1.807, 2.05) is 13.8 Å². The molecule has 5 rings (SSSR count). The Morgan fingerprint density at radius 3 is 2.30 bits per heavy atom. The molecule has 0 spiro atoms. The molecule has 232 valence electrons. The van der Waals surface area contributed by atoms with Crippen LogP contribution < -0.4 is 5.32 Å². The maximum atomic E-state index is 15.3. The van der Waals surface area contributed by atoms with Crippen molar-refractivity contribution >= 4 is 17.8 Å². The molecule has 2 aliphatic rings. The first kappa shape index (κ1) is 31.0. The highest BCUT2D eigenvalue weighted by atomic mass is 19.4. The molecule has 1 aromatic heterocycles. The predicted octanol–water partition coefficient (Wildman–Crippen LogP) is 5.49. The predicted molar refractivity (Wildman–Crippen MR) is 147 cm³/mol. The number of carboxylic acid groups (broad SMARTS) is 1. The third-order valence-corrected chi connectivity index (χ3v) is 8.81. The van der Waals surface area contributed by atoms with Gasteiger partial charge in [-0.25, -0.2) is 8.78 Å². The molecule has 8 nitrogen and oxygen atoms in total. The highest BCUT2D eigenvalue weighted by Crippen LogP contribution is 2.65. The average molecular weight is 617 g/mol. The van der Waals surface area contributed by atoms with Crippen molar-refractivity contribution in [3.8, 4) is 11.1 Å². The number of aliphatic carboxylic acids is 1. The Bertz CT molecular complexity index is 1640. The van der Waals surface area contributed by atoms with E-state index < -0.39 is 65.5 Å². The number of halogens is 5. The van der Waals surface area contributed by atoms with Gasteiger partial charge in [0.2, 0.25) is 5.91 Å². The van der Waals surface area contributed by atoms with Crippen LogP contribution >= 0.6 is 0 Å². The number of piperidine rings is 1. The quantitative estimate of drug-likeness (QED) is 0.340. The maximum absolute atomic E-state index is 15.3. The molecule has 1 saturated heterocycles. The zero-order valence-corrected chi connectivity index (χ0v) is 24.2. The van der Waals surface area contributed by atoms with E-state index in [4.69, 9.17) is 0 Å². The lowest BCUT2D eigenvalue weighted by Gasteiger charge is -2.31. The zero-order valence-electron chi connectivity index (χ0n) is 24.2. The van der Waals surface area contributed by atoms with Crippen molar-refractivity contribution in [2.45, 2.75) is 52.4 Å². The summed E-state index contributed by atoms with van der Waals surface area (Å²) >= 11 is 0. The highest BCUT2D eigenvalue weighted by Gasteiger charge is 2.69. The number of hydrogen-bond donors (Lipinski definition) is 2. The summed E-state index contributed by atoms with van der Waals surface area (Å²) in [5, 5.41) is 18.7. The van der Waals surface area contributed by atoms with Crippen molar-refractivity contribution in [1.29, 1.82) is 0 Å². The lowest BCUT2D eigenvalue weighted by Crippen LogP contribution is -2.51. The van der Waals surface area contributed by atoms with Gasteiger partial charge in [-0.1, -0.05) is 32.0 Å². The highest BCUT2D eigenvalue weighted by molar-refractivity contribution is 5.97. The Balaban J connectivity index is 1.48. The second kappa shape index (κ2) is 10.9. The molecule has 4 atom stereocenters. The fourth-order valence-electron chi connectivity index (χ4n) is 6.49. The van der Waals surface area contributed by atoms with Crippen LogP contribution in [0.15, 0.2) is 42.5 Å². The summed E-state index contributed by atoms with van der Waals surface area (Å²) in [7, 11) is 0. The topological polar surface area (TPSA) is 112 Å². The van der Waals surface area contributed by atoms with Gasteiger partial charge in [0.15, 0.2) is 23.0 Å². The van der Waals surface area contributed by atoms with Crippen LogP contribution in [-0.2, 0) is 15.8 Å². The Morgan fingerprint density at radius 2 is 1.73 bits per heavy atom. The fourth-order valence-corrected chi connectivity index (χ4v) is 6.49. The number of carbonyl (C=O) groups excluding carboxylic acids is 2. The molecule has 2 aromatic carbocycles. The fraction of sp³-hybridized carbons (Fsp3) is 0.387. The minimum Gasteiger partial charge on any atom is -0.481 e. The molecule has 2 heterocycles. The van der Waals surface area contributed by atoms with E-state index in [9.17, 15) is 37.1 Å². The van der Waals surface area contributed by atoms with Crippen LogP contribution in [0.5, 0.6) is 0 Å². The number of aryl methyl sites for hydroxylation is 2. The first-order valence-electron chi connectivity index (χ1n) is 13.8. The summed E-state index contributed by atoms with van der Waals surface area (Å²) in [5.41, 5.74) is 0.000907. The van der Waals surface area contributed by atoms with Crippen molar-refractivity contribution in [2.24, 2.45) is 17.3 Å². The monoisotopic (exact) mass is 616 g/mol. The first-order chi connectivity index (χ1) is 20.5. The van der Waals surface area contributed by atoms with Crippen molar-refractivity contribution in [2.75, 3.05) is 6.54 Å². The molecule has 2 N–H and O–H groups in total. The molecule has 2 fully saturated rings. The van der Waals surface area contributed by atoms with Crippen LogP contribution in [0.4, 0.5) is 22.0 Å². The van der Waals surface area contributed by atoms with Crippen LogP contribution in [0.1, 0.15) is 59.2 Å². The van der Waals surface area contributed by atoms with Gasteiger partial charge in [-0.05, 0) is 77.6 Å². The average Bonchev–Trinajstić information content (AvgIpc) is 3.26. The molecule has 0 radical (unpaired) electrons. The van der Waals surface area contributed by atoms with Gasteiger partial charge in [-0.2, -0.15) is 13.2 Å². The minimum atomic E-state index is -4.76. The van der Waals surface area contributed by atoms with Crippen LogP contribution in [-0.4, -0.2) is 50.6 Å². The summed E-state index contributed by atoms with van der Waals surface area (Å²) in [4.78, 5) is 40.2. The molecule has 1 aliphatic carbocycles. The molecular weight excluding hydrogens is 587 g/mol. The number of benzene rings is 2. The summed E-state index contributed by atoms with van der Waals surface area (Å²) in [6.45, 7) is 7.45. The number of carbonyl (C=O) groups is 3. The number of carboxylic acids is 1. The van der Waals surface area contributed by atoms with Crippen molar-refractivity contribution in [3.63, 3.8) is 0 Å². The summed E-state index contributed by atoms with van der Waals surface area (Å²) < 4.78 is 69.1. The van der Waals surface area contributed by atoms with Gasteiger partial charge in [-0.3, -0.25) is 14.4 Å². The third kappa shape index (κ3) is 5.50. The van der Waals surface area contributed by atoms with Crippen LogP contribution in [0.3, 0.4) is 0 Å². The largest absolute Gasteiger partial charge is 0.481 e. The van der Waals surface area contributed by atoms with Crippen LogP contribution in [0, 0.1) is 42.7 Å². The van der Waals surface area contributed by atoms with Crippen LogP contribution in [0.2, 0.25) is 0 Å². The zero-order chi connectivity index (χ0) is 32.3. The number of rotatable bonds is 7. The number of hydrogen-bond acceptors (Lipinski definition) is 5. The summed E-state index contributed by atoms with van der Waals surface area (Å²) in [6, 6.07) is 6.50. The molecule has 44 heavy (non-hydrogen) atoms. The number of nitrogens with zero attached hydrogens (tertiary/aromatic N) is 3. The van der Waals surface area contributed by atoms with Gasteiger partial charge in [0.05, 0.1) is 12.5 Å². The van der Waals surface area contributed by atoms with Crippen molar-refractivity contribution in [1.82, 2.24) is 20.4 Å². The van der Waals surface area contributed by atoms with E-state index in [2.05, 4.69) is 15.5 Å². The Labute approximate surface area is 249 Å². The molecule has 1 saturated carbocycles. The van der Waals surface area contributed by atoms with E-state index in [1.54, 1.807) is 32.0 Å². The third-order valence-electron chi connectivity index (χ3n) is 8.81. The smallest absolute Gasteiger partial charge is 0.435 e. The SMILES string of the molecule is Cc1cccc(C)c1-c1cc(F)c(F)c([C@H](CC(=O)O)NC(=O)[C@@H]2[C@@H]3C(CN2C(=O)c2ccc(C(F)(F)F)nn2)C3(C)C)c1. The number of fused-ring (bicyclic) bond motifs is 1. The lowest BCUT2D eigenvalue weighted by molar-refractivity contribution is -0.142. The number of amides is 2. The Hall–Kier alpha value is -4.42. The molecule has 2 amide bonds. The van der Waals surface area contributed by atoms with Gasteiger partial charge in [0, 0.05) is 12.1 Å². The van der Waals surface area contributed by atoms with Crippen molar-refractivity contribution in [3.05, 3.63) is 82.2 Å². The van der Waals surface area contributed by atoms with E-state index in [0.717, 1.165) is 28.2 Å². The van der Waals surface area contributed by atoms with E-state index >= 15 is 4.39 Å². The number of aromatic nitrogens is 2. The molecule has 13 heteroatoms. The van der Waals surface area contributed by atoms with E-state index in [1.165, 1.54) is 6.07 Å². The molecular formula is C31H29F5N4O4. The molecule has 3 aromatic rings. The first-order valence-corrected chi connectivity index (χ1v) is 13.8. The lowest BCUT2D eigenvalue weighted by atomic mass is 9.92. The maximum Gasteiger partial charge on any atom is 0.435 e. The van der Waals surface area contributed by atoms with Gasteiger partial charge in [0.1, 0.15) is 6.04 Å². The molecule has 1 unspecified atom stereocenters. The van der Waals surface area contributed by atoms with E-state index in [-0.39, 0.29) is 29.4 Å². The summed E-state index contributed by atoms with van der Waals surface area (Å²) in [6.07, 6.45) is -5.56. The Morgan fingerprint density at radius 1 is 1.07 bits per heavy atom. The van der Waals surface area contributed by atoms with E-state index in [0.29, 0.717) is 17.2 Å². The van der Waals surface area contributed by atoms with Gasteiger partial charge < -0.3 is 15.3 Å². The number of nitrogens with one attached hydrogen (secondary N) is 1. The molecule has 1 aliphatic heterocycles. The number of alkyl halides is 3. The number of likely N-dealkylation sites (tertiary alicyclic amines) is 1. The van der Waals surface area contributed by atoms with Crippen LogP contribution in [0.25, 0.3) is 11.1 Å².